The second kappa shape index (κ2) is 9.50. The number of halogens is 2. The third kappa shape index (κ3) is 5.20. The van der Waals surface area contributed by atoms with Gasteiger partial charge in [0.05, 0.1) is 12.0 Å². The lowest BCUT2D eigenvalue weighted by Gasteiger charge is -2.22. The first-order chi connectivity index (χ1) is 10.0. The second-order valence-electron chi connectivity index (χ2n) is 5.26. The van der Waals surface area contributed by atoms with Gasteiger partial charge < -0.3 is 15.6 Å². The van der Waals surface area contributed by atoms with E-state index in [2.05, 4.69) is 15.5 Å². The molecule has 6 nitrogen and oxygen atoms in total. The SMILES string of the molecule is CC(NC(=O)C(C)C(N)c1ccccc1)c1nncn1C.Cl.Cl. The van der Waals surface area contributed by atoms with Crippen LogP contribution >= 0.6 is 24.8 Å². The molecule has 3 unspecified atom stereocenters. The smallest absolute Gasteiger partial charge is 0.225 e. The van der Waals surface area contributed by atoms with Crippen LogP contribution in [0.5, 0.6) is 0 Å². The van der Waals surface area contributed by atoms with E-state index in [1.165, 1.54) is 0 Å². The van der Waals surface area contributed by atoms with E-state index in [1.807, 2.05) is 51.2 Å². The van der Waals surface area contributed by atoms with Gasteiger partial charge in [0.1, 0.15) is 6.33 Å². The van der Waals surface area contributed by atoms with E-state index >= 15 is 0 Å². The minimum Gasteiger partial charge on any atom is -0.346 e. The fraction of sp³-hybridized carbons (Fsp3) is 0.400. The number of carbonyl (C=O) groups is 1. The summed E-state index contributed by atoms with van der Waals surface area (Å²) in [6, 6.07) is 9.08. The number of hydrogen-bond acceptors (Lipinski definition) is 4. The number of aromatic nitrogens is 3. The van der Waals surface area contributed by atoms with Crippen molar-refractivity contribution in [2.24, 2.45) is 18.7 Å². The Kier molecular flexibility index (Phi) is 8.82. The van der Waals surface area contributed by atoms with Crippen LogP contribution in [0.4, 0.5) is 0 Å². The second-order valence-corrected chi connectivity index (χ2v) is 5.26. The molecule has 0 saturated carbocycles. The highest BCUT2D eigenvalue weighted by Gasteiger charge is 2.24. The summed E-state index contributed by atoms with van der Waals surface area (Å²) in [5.41, 5.74) is 7.12. The van der Waals surface area contributed by atoms with Gasteiger partial charge in [0.25, 0.3) is 0 Å². The van der Waals surface area contributed by atoms with Crippen molar-refractivity contribution in [3.05, 3.63) is 48.0 Å². The number of rotatable bonds is 5. The van der Waals surface area contributed by atoms with Gasteiger partial charge in [0, 0.05) is 13.1 Å². The van der Waals surface area contributed by atoms with Gasteiger partial charge in [-0.3, -0.25) is 4.79 Å². The maximum atomic E-state index is 12.3. The van der Waals surface area contributed by atoms with E-state index in [0.717, 1.165) is 5.56 Å². The van der Waals surface area contributed by atoms with Crippen molar-refractivity contribution in [1.82, 2.24) is 20.1 Å². The lowest BCUT2D eigenvalue weighted by Crippen LogP contribution is -2.37. The average Bonchev–Trinajstić information content (AvgIpc) is 2.92. The highest BCUT2D eigenvalue weighted by atomic mass is 35.5. The third-order valence-corrected chi connectivity index (χ3v) is 3.63. The molecule has 0 bridgehead atoms. The van der Waals surface area contributed by atoms with Gasteiger partial charge >= 0.3 is 0 Å². The summed E-state index contributed by atoms with van der Waals surface area (Å²) in [5.74, 6) is 0.286. The minimum absolute atomic E-state index is 0. The number of carbonyl (C=O) groups excluding carboxylic acids is 1. The molecule has 3 N–H and O–H groups in total. The predicted molar refractivity (Wildman–Crippen MR) is 94.6 cm³/mol. The van der Waals surface area contributed by atoms with Gasteiger partial charge in [-0.15, -0.1) is 35.0 Å². The molecule has 0 aliphatic carbocycles. The third-order valence-electron chi connectivity index (χ3n) is 3.63. The van der Waals surface area contributed by atoms with E-state index in [1.54, 1.807) is 10.9 Å². The molecule has 1 amide bonds. The molecule has 0 aliphatic heterocycles. The zero-order chi connectivity index (χ0) is 15.4. The first-order valence-electron chi connectivity index (χ1n) is 6.95. The molecule has 0 aliphatic rings. The molecule has 1 heterocycles. The number of hydrogen-bond donors (Lipinski definition) is 2. The quantitative estimate of drug-likeness (QED) is 0.856. The summed E-state index contributed by atoms with van der Waals surface area (Å²) >= 11 is 0. The average molecular weight is 360 g/mol. The summed E-state index contributed by atoms with van der Waals surface area (Å²) in [5, 5.41) is 10.7. The Hall–Kier alpha value is -1.63. The van der Waals surface area contributed by atoms with Crippen LogP contribution in [-0.4, -0.2) is 20.7 Å². The molecule has 1 aromatic heterocycles. The maximum Gasteiger partial charge on any atom is 0.225 e. The monoisotopic (exact) mass is 359 g/mol. The van der Waals surface area contributed by atoms with Crippen LogP contribution < -0.4 is 11.1 Å². The van der Waals surface area contributed by atoms with Crippen molar-refractivity contribution < 1.29 is 4.79 Å². The molecule has 0 radical (unpaired) electrons. The molecule has 0 saturated heterocycles. The van der Waals surface area contributed by atoms with Crippen LogP contribution in [-0.2, 0) is 11.8 Å². The molecule has 1 aromatic carbocycles. The molecule has 8 heteroatoms. The molecular formula is C15H23Cl2N5O. The highest BCUT2D eigenvalue weighted by Crippen LogP contribution is 2.20. The van der Waals surface area contributed by atoms with Crippen molar-refractivity contribution in [3.63, 3.8) is 0 Å². The number of nitrogens with zero attached hydrogens (tertiary/aromatic N) is 3. The van der Waals surface area contributed by atoms with Crippen LogP contribution in [0.3, 0.4) is 0 Å². The molecule has 128 valence electrons. The summed E-state index contributed by atoms with van der Waals surface area (Å²) in [7, 11) is 1.84. The zero-order valence-corrected chi connectivity index (χ0v) is 15.0. The van der Waals surface area contributed by atoms with Crippen molar-refractivity contribution in [3.8, 4) is 0 Å². The molecular weight excluding hydrogens is 337 g/mol. The molecule has 3 atom stereocenters. The summed E-state index contributed by atoms with van der Waals surface area (Å²) in [6.45, 7) is 3.71. The fourth-order valence-corrected chi connectivity index (χ4v) is 2.22. The number of nitrogens with one attached hydrogen (secondary N) is 1. The van der Waals surface area contributed by atoms with Crippen LogP contribution in [0.15, 0.2) is 36.7 Å². The van der Waals surface area contributed by atoms with Gasteiger partial charge in [-0.05, 0) is 12.5 Å². The van der Waals surface area contributed by atoms with Gasteiger partial charge in [-0.2, -0.15) is 0 Å². The molecule has 0 fully saturated rings. The topological polar surface area (TPSA) is 85.8 Å². The molecule has 23 heavy (non-hydrogen) atoms. The Bertz CT molecular complexity index is 605. The number of benzene rings is 1. The van der Waals surface area contributed by atoms with E-state index < -0.39 is 0 Å². The van der Waals surface area contributed by atoms with Gasteiger partial charge in [-0.1, -0.05) is 37.3 Å². The Labute approximate surface area is 148 Å². The first kappa shape index (κ1) is 21.4. The number of nitrogens with two attached hydrogens (primary N) is 1. The summed E-state index contributed by atoms with van der Waals surface area (Å²) < 4.78 is 1.78. The van der Waals surface area contributed by atoms with E-state index in [4.69, 9.17) is 5.73 Å². The fourth-order valence-electron chi connectivity index (χ4n) is 2.22. The van der Waals surface area contributed by atoms with E-state index in [0.29, 0.717) is 5.82 Å². The normalized spacial score (nSPS) is 13.9. The lowest BCUT2D eigenvalue weighted by molar-refractivity contribution is -0.125. The Morgan fingerprint density at radius 2 is 1.83 bits per heavy atom. The van der Waals surface area contributed by atoms with Crippen LogP contribution in [0.2, 0.25) is 0 Å². The van der Waals surface area contributed by atoms with Crippen molar-refractivity contribution in [2.75, 3.05) is 0 Å². The standard InChI is InChI=1S/C15H21N5O.2ClH/c1-10(13(16)12-7-5-4-6-8-12)15(21)18-11(2)14-19-17-9-20(14)3;;/h4-11,13H,16H2,1-3H3,(H,18,21);2*1H. The zero-order valence-electron chi connectivity index (χ0n) is 13.3. The number of aryl methyl sites for hydroxylation is 1. The summed E-state index contributed by atoms with van der Waals surface area (Å²) in [4.78, 5) is 12.3. The lowest BCUT2D eigenvalue weighted by atomic mass is 9.94. The molecule has 2 aromatic rings. The molecule has 0 spiro atoms. The summed E-state index contributed by atoms with van der Waals surface area (Å²) in [6.07, 6.45) is 1.61. The Balaban J connectivity index is 0.00000242. The minimum atomic E-state index is -0.335. The largest absolute Gasteiger partial charge is 0.346 e. The maximum absolute atomic E-state index is 12.3. The van der Waals surface area contributed by atoms with Crippen molar-refractivity contribution in [1.29, 1.82) is 0 Å². The highest BCUT2D eigenvalue weighted by molar-refractivity contribution is 5.85. The van der Waals surface area contributed by atoms with Crippen LogP contribution in [0.1, 0.15) is 37.3 Å². The predicted octanol–water partition coefficient (Wildman–Crippen LogP) is 2.17. The van der Waals surface area contributed by atoms with Crippen molar-refractivity contribution >= 4 is 30.7 Å². The van der Waals surface area contributed by atoms with Gasteiger partial charge in [0.2, 0.25) is 5.91 Å². The molecule has 2 rings (SSSR count). The Morgan fingerprint density at radius 1 is 1.22 bits per heavy atom. The van der Waals surface area contributed by atoms with E-state index in [9.17, 15) is 4.79 Å². The van der Waals surface area contributed by atoms with Gasteiger partial charge in [-0.25, -0.2) is 0 Å². The van der Waals surface area contributed by atoms with Crippen LogP contribution in [0, 0.1) is 5.92 Å². The van der Waals surface area contributed by atoms with Gasteiger partial charge in [0.15, 0.2) is 5.82 Å². The van der Waals surface area contributed by atoms with E-state index in [-0.39, 0.29) is 48.7 Å². The van der Waals surface area contributed by atoms with Crippen molar-refractivity contribution in [2.45, 2.75) is 25.9 Å². The Morgan fingerprint density at radius 3 is 2.35 bits per heavy atom. The van der Waals surface area contributed by atoms with Crippen LogP contribution in [0.25, 0.3) is 0 Å². The number of amides is 1. The first-order valence-corrected chi connectivity index (χ1v) is 6.95.